The standard InChI is InChI=1S/C6H11NO2/c1-5(2)3-6(5,7)4(8)9/h3,7H2,1-2H3,(H,8,9). The van der Waals surface area contributed by atoms with Gasteiger partial charge in [0.2, 0.25) is 0 Å². The summed E-state index contributed by atoms with van der Waals surface area (Å²) < 4.78 is 0. The molecule has 0 aromatic rings. The van der Waals surface area contributed by atoms with Gasteiger partial charge in [0.1, 0.15) is 5.54 Å². The van der Waals surface area contributed by atoms with Gasteiger partial charge in [0, 0.05) is 0 Å². The van der Waals surface area contributed by atoms with Crippen LogP contribution < -0.4 is 5.73 Å². The second-order valence-corrected chi connectivity index (χ2v) is 3.34. The van der Waals surface area contributed by atoms with Crippen molar-refractivity contribution in [3.8, 4) is 0 Å². The van der Waals surface area contributed by atoms with E-state index in [1.807, 2.05) is 13.8 Å². The van der Waals surface area contributed by atoms with Gasteiger partial charge in [0.15, 0.2) is 0 Å². The van der Waals surface area contributed by atoms with E-state index >= 15 is 0 Å². The molecule has 0 bridgehead atoms. The highest BCUT2D eigenvalue weighted by atomic mass is 16.4. The summed E-state index contributed by atoms with van der Waals surface area (Å²) in [4.78, 5) is 10.4. The SMILES string of the molecule is CC1(C)CC1(N)C(=O)O. The molecule has 1 aliphatic carbocycles. The van der Waals surface area contributed by atoms with Crippen LogP contribution in [0.15, 0.2) is 0 Å². The molecule has 0 spiro atoms. The highest BCUT2D eigenvalue weighted by molar-refractivity contribution is 5.84. The second-order valence-electron chi connectivity index (χ2n) is 3.34. The second kappa shape index (κ2) is 1.29. The number of carboxylic acid groups (broad SMARTS) is 1. The van der Waals surface area contributed by atoms with Gasteiger partial charge in [-0.3, -0.25) is 4.79 Å². The van der Waals surface area contributed by atoms with Crippen molar-refractivity contribution in [2.75, 3.05) is 0 Å². The summed E-state index contributed by atoms with van der Waals surface area (Å²) in [6.45, 7) is 3.72. The minimum atomic E-state index is -0.938. The van der Waals surface area contributed by atoms with Gasteiger partial charge in [-0.25, -0.2) is 0 Å². The molecule has 1 atom stereocenters. The number of nitrogens with two attached hydrogens (primary N) is 1. The van der Waals surface area contributed by atoms with Crippen LogP contribution >= 0.6 is 0 Å². The zero-order valence-corrected chi connectivity index (χ0v) is 5.64. The Labute approximate surface area is 53.9 Å². The largest absolute Gasteiger partial charge is 0.480 e. The molecule has 9 heavy (non-hydrogen) atoms. The first-order valence-electron chi connectivity index (χ1n) is 2.92. The molecule has 0 aliphatic heterocycles. The maximum absolute atomic E-state index is 10.4. The lowest BCUT2D eigenvalue weighted by atomic mass is 10.1. The van der Waals surface area contributed by atoms with Crippen molar-refractivity contribution < 1.29 is 9.90 Å². The van der Waals surface area contributed by atoms with Crippen LogP contribution in [0.1, 0.15) is 20.3 Å². The smallest absolute Gasteiger partial charge is 0.324 e. The van der Waals surface area contributed by atoms with Crippen molar-refractivity contribution in [1.82, 2.24) is 0 Å². The lowest BCUT2D eigenvalue weighted by molar-refractivity contribution is -0.140. The molecule has 0 heterocycles. The van der Waals surface area contributed by atoms with Gasteiger partial charge in [0.05, 0.1) is 0 Å². The third kappa shape index (κ3) is 0.645. The molecular formula is C6H11NO2. The van der Waals surface area contributed by atoms with Gasteiger partial charge in [0.25, 0.3) is 0 Å². The van der Waals surface area contributed by atoms with Crippen LogP contribution in [-0.4, -0.2) is 16.6 Å². The summed E-state index contributed by atoms with van der Waals surface area (Å²) in [5.74, 6) is -0.882. The fourth-order valence-corrected chi connectivity index (χ4v) is 1.02. The number of rotatable bonds is 1. The topological polar surface area (TPSA) is 63.3 Å². The average molecular weight is 129 g/mol. The zero-order chi connectivity index (χ0) is 7.28. The Morgan fingerprint density at radius 1 is 1.67 bits per heavy atom. The van der Waals surface area contributed by atoms with Crippen molar-refractivity contribution in [2.24, 2.45) is 11.1 Å². The Balaban J connectivity index is 2.74. The van der Waals surface area contributed by atoms with E-state index in [2.05, 4.69) is 0 Å². The lowest BCUT2D eigenvalue weighted by Gasteiger charge is -2.07. The molecule has 1 aliphatic rings. The van der Waals surface area contributed by atoms with Gasteiger partial charge in [-0.05, 0) is 11.8 Å². The average Bonchev–Trinajstić information content (AvgIpc) is 2.08. The summed E-state index contributed by atoms with van der Waals surface area (Å²) in [6.07, 6.45) is 0.593. The van der Waals surface area contributed by atoms with E-state index in [1.165, 1.54) is 0 Å². The lowest BCUT2D eigenvalue weighted by Crippen LogP contribution is -2.37. The molecule has 1 rings (SSSR count). The highest BCUT2D eigenvalue weighted by Crippen LogP contribution is 2.53. The molecule has 0 amide bonds. The van der Waals surface area contributed by atoms with E-state index < -0.39 is 11.5 Å². The fraction of sp³-hybridized carbons (Fsp3) is 0.833. The van der Waals surface area contributed by atoms with Crippen LogP contribution in [0.3, 0.4) is 0 Å². The van der Waals surface area contributed by atoms with Crippen LogP contribution in [0.5, 0.6) is 0 Å². The van der Waals surface area contributed by atoms with E-state index in [0.29, 0.717) is 6.42 Å². The fourth-order valence-electron chi connectivity index (χ4n) is 1.02. The predicted molar refractivity (Wildman–Crippen MR) is 33.0 cm³/mol. The van der Waals surface area contributed by atoms with Gasteiger partial charge in [-0.2, -0.15) is 0 Å². The van der Waals surface area contributed by atoms with Gasteiger partial charge in [-0.15, -0.1) is 0 Å². The van der Waals surface area contributed by atoms with E-state index in [1.54, 1.807) is 0 Å². The number of carbonyl (C=O) groups is 1. The molecule has 1 saturated carbocycles. The summed E-state index contributed by atoms with van der Waals surface area (Å²) in [5.41, 5.74) is 4.33. The number of aliphatic carboxylic acids is 1. The molecule has 52 valence electrons. The molecule has 3 nitrogen and oxygen atoms in total. The zero-order valence-electron chi connectivity index (χ0n) is 5.64. The van der Waals surface area contributed by atoms with Crippen molar-refractivity contribution in [1.29, 1.82) is 0 Å². The van der Waals surface area contributed by atoms with Crippen LogP contribution in [0.2, 0.25) is 0 Å². The summed E-state index contributed by atoms with van der Waals surface area (Å²) in [5, 5.41) is 8.52. The van der Waals surface area contributed by atoms with Gasteiger partial charge in [-0.1, -0.05) is 13.8 Å². The first kappa shape index (κ1) is 6.55. The Morgan fingerprint density at radius 2 is 2.00 bits per heavy atom. The molecule has 3 heteroatoms. The van der Waals surface area contributed by atoms with Crippen LogP contribution in [-0.2, 0) is 4.79 Å². The molecule has 0 saturated heterocycles. The molecule has 1 fully saturated rings. The van der Waals surface area contributed by atoms with Crippen molar-refractivity contribution in [3.05, 3.63) is 0 Å². The molecule has 1 unspecified atom stereocenters. The minimum Gasteiger partial charge on any atom is -0.480 e. The number of hydrogen-bond acceptors (Lipinski definition) is 2. The monoisotopic (exact) mass is 129 g/mol. The normalized spacial score (nSPS) is 38.1. The molecule has 0 aromatic carbocycles. The molecule has 0 radical (unpaired) electrons. The maximum atomic E-state index is 10.4. The molecular weight excluding hydrogens is 118 g/mol. The quantitative estimate of drug-likeness (QED) is 0.531. The van der Waals surface area contributed by atoms with Gasteiger partial charge >= 0.3 is 5.97 Å². The first-order chi connectivity index (χ1) is 3.90. The first-order valence-corrected chi connectivity index (χ1v) is 2.92. The van der Waals surface area contributed by atoms with Gasteiger partial charge < -0.3 is 10.8 Å². The number of hydrogen-bond donors (Lipinski definition) is 2. The van der Waals surface area contributed by atoms with E-state index in [-0.39, 0.29) is 5.41 Å². The van der Waals surface area contributed by atoms with Crippen LogP contribution in [0.25, 0.3) is 0 Å². The maximum Gasteiger partial charge on any atom is 0.324 e. The van der Waals surface area contributed by atoms with E-state index in [4.69, 9.17) is 10.8 Å². The third-order valence-electron chi connectivity index (χ3n) is 2.19. The highest BCUT2D eigenvalue weighted by Gasteiger charge is 2.64. The van der Waals surface area contributed by atoms with Crippen LogP contribution in [0.4, 0.5) is 0 Å². The van der Waals surface area contributed by atoms with Crippen LogP contribution in [0, 0.1) is 5.41 Å². The summed E-state index contributed by atoms with van der Waals surface area (Å²) >= 11 is 0. The Morgan fingerprint density at radius 3 is 2.00 bits per heavy atom. The number of carboxylic acids is 1. The Kier molecular flexibility index (Phi) is 0.939. The Hall–Kier alpha value is -0.570. The summed E-state index contributed by atoms with van der Waals surface area (Å²) in [6, 6.07) is 0. The van der Waals surface area contributed by atoms with Crippen molar-refractivity contribution in [2.45, 2.75) is 25.8 Å². The minimum absolute atomic E-state index is 0.196. The molecule has 0 aromatic heterocycles. The molecule has 3 N–H and O–H groups in total. The predicted octanol–water partition coefficient (Wildman–Crippen LogP) is 0.198. The third-order valence-corrected chi connectivity index (χ3v) is 2.19. The van der Waals surface area contributed by atoms with Crippen molar-refractivity contribution in [3.63, 3.8) is 0 Å². The van der Waals surface area contributed by atoms with E-state index in [0.717, 1.165) is 0 Å². The Bertz CT molecular complexity index is 164. The summed E-state index contributed by atoms with van der Waals surface area (Å²) in [7, 11) is 0. The van der Waals surface area contributed by atoms with Crippen molar-refractivity contribution >= 4 is 5.97 Å². The van der Waals surface area contributed by atoms with E-state index in [9.17, 15) is 4.79 Å².